The molecule has 4 atom stereocenters. The second-order valence-corrected chi connectivity index (χ2v) is 18.6. The van der Waals surface area contributed by atoms with E-state index in [0.29, 0.717) is 61.5 Å². The van der Waals surface area contributed by atoms with Gasteiger partial charge in [0.25, 0.3) is 0 Å². The molecule has 0 spiro atoms. The molecular formula is C43H56N4O8S. The Balaban J connectivity index is 1.32. The van der Waals surface area contributed by atoms with Crippen LogP contribution in [0.1, 0.15) is 91.9 Å². The van der Waals surface area contributed by atoms with Gasteiger partial charge in [-0.3, -0.25) is 23.9 Å². The number of fused-ring (bicyclic) bond motifs is 1. The van der Waals surface area contributed by atoms with Gasteiger partial charge in [-0.1, -0.05) is 64.4 Å². The molecule has 1 N–H and O–H groups in total. The highest BCUT2D eigenvalue weighted by Gasteiger charge is 2.47. The van der Waals surface area contributed by atoms with E-state index in [0.717, 1.165) is 30.2 Å². The summed E-state index contributed by atoms with van der Waals surface area (Å²) in [4.78, 5) is 64.6. The molecule has 56 heavy (non-hydrogen) atoms. The van der Waals surface area contributed by atoms with Gasteiger partial charge in [-0.15, -0.1) is 0 Å². The Bertz CT molecular complexity index is 2020. The van der Waals surface area contributed by atoms with Crippen molar-refractivity contribution in [2.75, 3.05) is 26.7 Å². The number of aromatic nitrogens is 1. The van der Waals surface area contributed by atoms with E-state index in [1.165, 1.54) is 0 Å². The quantitative estimate of drug-likeness (QED) is 0.187. The standard InChI is InChI=1S/C43H56N4O8S/c1-6-13-29(41(50)45-56(52,53)32-17-18-32)22-38(48)37-24-31(27-47(37)42(51)34(43(2,3)4)25-40(49)46-20-11-8-12-21-46)55-39-26-35(28-14-9-7-10-15-28)44-36-23-30(54-5)16-19-33(36)39/h7,9-10,14-16,19,23,26,29,31-32,34,37H,6,8,11-13,17-18,20-22,24-25,27H2,1-5H3,(H,45,50)/t29-,31+,34+,37-/m0/s1. The number of sulfonamides is 1. The van der Waals surface area contributed by atoms with Gasteiger partial charge in [0.05, 0.1) is 42.1 Å². The average Bonchev–Trinajstić information content (AvgIpc) is 3.97. The summed E-state index contributed by atoms with van der Waals surface area (Å²) in [7, 11) is -2.22. The van der Waals surface area contributed by atoms with Crippen molar-refractivity contribution in [1.29, 1.82) is 0 Å². The van der Waals surface area contributed by atoms with E-state index in [-0.39, 0.29) is 43.4 Å². The summed E-state index contributed by atoms with van der Waals surface area (Å²) in [6, 6.07) is 16.2. The molecule has 302 valence electrons. The average molecular weight is 789 g/mol. The number of nitrogens with zero attached hydrogens (tertiary/aromatic N) is 3. The topological polar surface area (TPSA) is 152 Å². The third-order valence-electron chi connectivity index (χ3n) is 11.4. The number of nitrogens with one attached hydrogen (secondary N) is 1. The number of methoxy groups -OCH3 is 1. The molecule has 13 heteroatoms. The molecular weight excluding hydrogens is 733 g/mol. The van der Waals surface area contributed by atoms with Gasteiger partial charge in [0.1, 0.15) is 17.6 Å². The molecule has 3 aliphatic rings. The largest absolute Gasteiger partial charge is 0.497 e. The Kier molecular flexibility index (Phi) is 12.7. The number of likely N-dealkylation sites (tertiary alicyclic amines) is 2. The van der Waals surface area contributed by atoms with E-state index < -0.39 is 50.6 Å². The first-order valence-corrected chi connectivity index (χ1v) is 21.6. The van der Waals surface area contributed by atoms with Crippen LogP contribution in [0.25, 0.3) is 22.2 Å². The molecule has 1 aliphatic carbocycles. The van der Waals surface area contributed by atoms with Gasteiger partial charge in [-0.2, -0.15) is 0 Å². The van der Waals surface area contributed by atoms with Crippen LogP contribution in [0.3, 0.4) is 0 Å². The summed E-state index contributed by atoms with van der Waals surface area (Å²) in [5.74, 6) is -1.86. The van der Waals surface area contributed by atoms with Crippen molar-refractivity contribution in [3.05, 3.63) is 54.6 Å². The predicted octanol–water partition coefficient (Wildman–Crippen LogP) is 6.31. The number of ether oxygens (including phenoxy) is 2. The molecule has 2 aliphatic heterocycles. The number of amides is 3. The fraction of sp³-hybridized carbons (Fsp3) is 0.558. The molecule has 2 saturated heterocycles. The number of carbonyl (C=O) groups is 4. The molecule has 0 bridgehead atoms. The monoisotopic (exact) mass is 788 g/mol. The molecule has 0 radical (unpaired) electrons. The molecule has 3 aromatic rings. The van der Waals surface area contributed by atoms with Gasteiger partial charge in [0, 0.05) is 61.4 Å². The number of ketones is 1. The van der Waals surface area contributed by atoms with Gasteiger partial charge < -0.3 is 19.3 Å². The van der Waals surface area contributed by atoms with Crippen molar-refractivity contribution < 1.29 is 37.1 Å². The molecule has 3 heterocycles. The van der Waals surface area contributed by atoms with Crippen LogP contribution in [-0.4, -0.2) is 90.8 Å². The first-order valence-electron chi connectivity index (χ1n) is 20.1. The first-order chi connectivity index (χ1) is 26.7. The van der Waals surface area contributed by atoms with E-state index in [1.807, 2.05) is 87.2 Å². The zero-order chi connectivity index (χ0) is 40.2. The highest BCUT2D eigenvalue weighted by molar-refractivity contribution is 7.90. The number of pyridine rings is 1. The maximum Gasteiger partial charge on any atom is 0.237 e. The summed E-state index contributed by atoms with van der Waals surface area (Å²) in [5.41, 5.74) is 1.60. The van der Waals surface area contributed by atoms with E-state index >= 15 is 0 Å². The number of Topliss-reactive ketones (excluding diaryl/α,β-unsaturated/α-hetero) is 1. The van der Waals surface area contributed by atoms with Crippen molar-refractivity contribution in [2.45, 2.75) is 109 Å². The molecule has 1 saturated carbocycles. The van der Waals surface area contributed by atoms with Crippen LogP contribution in [0.2, 0.25) is 0 Å². The fourth-order valence-corrected chi connectivity index (χ4v) is 9.29. The number of piperidine rings is 1. The van der Waals surface area contributed by atoms with Crippen LogP contribution in [0.5, 0.6) is 11.5 Å². The lowest BCUT2D eigenvalue weighted by Gasteiger charge is -2.36. The lowest BCUT2D eigenvalue weighted by Crippen LogP contribution is -2.49. The Morgan fingerprint density at radius 1 is 0.964 bits per heavy atom. The van der Waals surface area contributed by atoms with E-state index in [2.05, 4.69) is 4.72 Å². The van der Waals surface area contributed by atoms with Crippen molar-refractivity contribution in [1.82, 2.24) is 19.5 Å². The fourth-order valence-electron chi connectivity index (χ4n) is 7.92. The molecule has 3 amide bonds. The number of benzene rings is 2. The van der Waals surface area contributed by atoms with Crippen LogP contribution in [0.4, 0.5) is 0 Å². The molecule has 12 nitrogen and oxygen atoms in total. The van der Waals surface area contributed by atoms with Crippen LogP contribution in [-0.2, 0) is 29.2 Å². The van der Waals surface area contributed by atoms with Gasteiger partial charge in [0.2, 0.25) is 27.7 Å². The smallest absolute Gasteiger partial charge is 0.237 e. The first kappa shape index (κ1) is 41.1. The Morgan fingerprint density at radius 3 is 2.32 bits per heavy atom. The molecule has 1 aromatic heterocycles. The molecule has 3 fully saturated rings. The summed E-state index contributed by atoms with van der Waals surface area (Å²) >= 11 is 0. The van der Waals surface area contributed by atoms with Crippen molar-refractivity contribution in [2.24, 2.45) is 17.3 Å². The third-order valence-corrected chi connectivity index (χ3v) is 13.2. The second-order valence-electron chi connectivity index (χ2n) is 16.7. The Morgan fingerprint density at radius 2 is 1.68 bits per heavy atom. The Labute approximate surface area is 330 Å². The number of carbonyl (C=O) groups excluding carboxylic acids is 4. The zero-order valence-electron chi connectivity index (χ0n) is 33.3. The normalized spacial score (nSPS) is 20.0. The van der Waals surface area contributed by atoms with Crippen molar-refractivity contribution in [3.8, 4) is 22.8 Å². The molecule has 6 rings (SSSR count). The highest BCUT2D eigenvalue weighted by Crippen LogP contribution is 2.38. The van der Waals surface area contributed by atoms with Crippen LogP contribution in [0.15, 0.2) is 54.6 Å². The summed E-state index contributed by atoms with van der Waals surface area (Å²) in [5, 5.41) is 0.148. The minimum Gasteiger partial charge on any atom is -0.497 e. The molecule has 2 aromatic carbocycles. The number of hydrogen-bond donors (Lipinski definition) is 1. The van der Waals surface area contributed by atoms with E-state index in [1.54, 1.807) is 12.0 Å². The SMILES string of the molecule is CCC[C@@H](CC(=O)[C@@H]1C[C@@H](Oc2cc(-c3ccccc3)nc3cc(OC)ccc23)CN1C(=O)[C@@H](CC(=O)N1CCCCC1)C(C)(C)C)C(=O)NS(=O)(=O)C1CC1. The van der Waals surface area contributed by atoms with Gasteiger partial charge in [-0.05, 0) is 56.1 Å². The number of hydrogen-bond acceptors (Lipinski definition) is 9. The van der Waals surface area contributed by atoms with E-state index in [9.17, 15) is 27.6 Å². The summed E-state index contributed by atoms with van der Waals surface area (Å²) < 4.78 is 39.9. The molecule has 0 unspecified atom stereocenters. The maximum absolute atomic E-state index is 14.8. The number of rotatable bonds is 15. The van der Waals surface area contributed by atoms with Crippen LogP contribution >= 0.6 is 0 Å². The summed E-state index contributed by atoms with van der Waals surface area (Å²) in [6.07, 6.45) is 4.13. The van der Waals surface area contributed by atoms with Crippen LogP contribution in [0, 0.1) is 17.3 Å². The van der Waals surface area contributed by atoms with E-state index in [4.69, 9.17) is 14.5 Å². The third kappa shape index (κ3) is 9.70. The van der Waals surface area contributed by atoms with Gasteiger partial charge in [0.15, 0.2) is 5.78 Å². The van der Waals surface area contributed by atoms with Gasteiger partial charge >= 0.3 is 0 Å². The highest BCUT2D eigenvalue weighted by atomic mass is 32.2. The Hall–Kier alpha value is -4.52. The second kappa shape index (κ2) is 17.3. The predicted molar refractivity (Wildman–Crippen MR) is 214 cm³/mol. The zero-order valence-corrected chi connectivity index (χ0v) is 34.1. The lowest BCUT2D eigenvalue weighted by atomic mass is 9.77. The van der Waals surface area contributed by atoms with Crippen molar-refractivity contribution >= 4 is 44.4 Å². The summed E-state index contributed by atoms with van der Waals surface area (Å²) in [6.45, 7) is 9.10. The maximum atomic E-state index is 14.8. The van der Waals surface area contributed by atoms with Crippen molar-refractivity contribution in [3.63, 3.8) is 0 Å². The lowest BCUT2D eigenvalue weighted by molar-refractivity contribution is -0.148. The van der Waals surface area contributed by atoms with Gasteiger partial charge in [-0.25, -0.2) is 13.4 Å². The minimum atomic E-state index is -3.81. The minimum absolute atomic E-state index is 0.0163. The van der Waals surface area contributed by atoms with Crippen LogP contribution < -0.4 is 14.2 Å².